The van der Waals surface area contributed by atoms with Gasteiger partial charge >= 0.3 is 12.1 Å². The van der Waals surface area contributed by atoms with Gasteiger partial charge in [0.25, 0.3) is 0 Å². The minimum atomic E-state index is -0.667. The maximum atomic E-state index is 11.7. The molecule has 1 fully saturated rings. The van der Waals surface area contributed by atoms with Crippen LogP contribution in [0.2, 0.25) is 0 Å². The van der Waals surface area contributed by atoms with Gasteiger partial charge in [0, 0.05) is 13.7 Å². The number of nitrogens with one attached hydrogen (secondary N) is 1. The minimum Gasteiger partial charge on any atom is -0.467 e. The Labute approximate surface area is 113 Å². The average Bonchev–Trinajstić information content (AvgIpc) is 3.02. The van der Waals surface area contributed by atoms with E-state index in [1.54, 1.807) is 27.9 Å². The second-order valence-electron chi connectivity index (χ2n) is 5.76. The normalized spacial score (nSPS) is 23.4. The van der Waals surface area contributed by atoms with E-state index in [1.165, 1.54) is 7.11 Å². The van der Waals surface area contributed by atoms with Crippen LogP contribution in [0.25, 0.3) is 0 Å². The first-order valence-corrected chi connectivity index (χ1v) is 6.34. The molecule has 1 aliphatic carbocycles. The van der Waals surface area contributed by atoms with Gasteiger partial charge in [0.05, 0.1) is 7.11 Å². The first kappa shape index (κ1) is 15.8. The van der Waals surface area contributed by atoms with Gasteiger partial charge in [0.1, 0.15) is 11.6 Å². The topological polar surface area (TPSA) is 73.9 Å². The van der Waals surface area contributed by atoms with Crippen LogP contribution in [-0.2, 0) is 19.0 Å². The van der Waals surface area contributed by atoms with Gasteiger partial charge in [-0.25, -0.2) is 9.59 Å². The highest BCUT2D eigenvalue weighted by atomic mass is 16.6. The summed E-state index contributed by atoms with van der Waals surface area (Å²) in [5.41, 5.74) is -0.597. The number of ether oxygens (including phenoxy) is 3. The molecule has 0 saturated heterocycles. The highest BCUT2D eigenvalue weighted by Crippen LogP contribution is 2.41. The zero-order valence-corrected chi connectivity index (χ0v) is 12.2. The van der Waals surface area contributed by atoms with E-state index in [0.29, 0.717) is 6.61 Å². The lowest BCUT2D eigenvalue weighted by Gasteiger charge is -2.22. The number of methoxy groups -OCH3 is 2. The Kier molecular flexibility index (Phi) is 5.17. The van der Waals surface area contributed by atoms with Crippen molar-refractivity contribution in [2.45, 2.75) is 38.8 Å². The molecule has 19 heavy (non-hydrogen) atoms. The third kappa shape index (κ3) is 5.06. The van der Waals surface area contributed by atoms with Crippen LogP contribution in [-0.4, -0.2) is 44.5 Å². The predicted octanol–water partition coefficient (Wildman–Crippen LogP) is 1.34. The van der Waals surface area contributed by atoms with E-state index >= 15 is 0 Å². The summed E-state index contributed by atoms with van der Waals surface area (Å²) in [7, 11) is 2.92. The summed E-state index contributed by atoms with van der Waals surface area (Å²) in [5.74, 6) is -0.113. The highest BCUT2D eigenvalue weighted by Gasteiger charge is 2.47. The van der Waals surface area contributed by atoms with Gasteiger partial charge in [-0.3, -0.25) is 0 Å². The van der Waals surface area contributed by atoms with Crippen molar-refractivity contribution in [2.24, 2.45) is 11.8 Å². The van der Waals surface area contributed by atoms with E-state index in [4.69, 9.17) is 14.2 Å². The fourth-order valence-corrected chi connectivity index (χ4v) is 1.99. The van der Waals surface area contributed by atoms with Crippen molar-refractivity contribution in [3.63, 3.8) is 0 Å². The van der Waals surface area contributed by atoms with Gasteiger partial charge < -0.3 is 19.5 Å². The van der Waals surface area contributed by atoms with Crippen LogP contribution in [0.4, 0.5) is 4.79 Å². The van der Waals surface area contributed by atoms with Crippen LogP contribution < -0.4 is 5.32 Å². The largest absolute Gasteiger partial charge is 0.467 e. The summed E-state index contributed by atoms with van der Waals surface area (Å²) < 4.78 is 14.9. The third-order valence-corrected chi connectivity index (χ3v) is 2.91. The molecular weight excluding hydrogens is 250 g/mol. The second-order valence-corrected chi connectivity index (χ2v) is 5.76. The van der Waals surface area contributed by atoms with Crippen LogP contribution >= 0.6 is 0 Å². The van der Waals surface area contributed by atoms with Crippen LogP contribution in [0.3, 0.4) is 0 Å². The average molecular weight is 273 g/mol. The van der Waals surface area contributed by atoms with E-state index < -0.39 is 23.7 Å². The molecule has 2 unspecified atom stereocenters. The number of amides is 1. The lowest BCUT2D eigenvalue weighted by atomic mass is 10.1. The van der Waals surface area contributed by atoms with Crippen molar-refractivity contribution in [3.05, 3.63) is 0 Å². The van der Waals surface area contributed by atoms with E-state index in [0.717, 1.165) is 6.42 Å². The Bertz CT molecular complexity index is 336. The Hall–Kier alpha value is -1.30. The van der Waals surface area contributed by atoms with E-state index in [1.807, 2.05) is 0 Å². The second kappa shape index (κ2) is 6.23. The van der Waals surface area contributed by atoms with Crippen LogP contribution in [0.15, 0.2) is 0 Å². The number of carbonyl (C=O) groups excluding carboxylic acids is 2. The van der Waals surface area contributed by atoms with Crippen molar-refractivity contribution in [1.82, 2.24) is 5.32 Å². The maximum absolute atomic E-state index is 11.7. The number of rotatable bonds is 5. The molecule has 1 N–H and O–H groups in total. The highest BCUT2D eigenvalue weighted by molar-refractivity contribution is 5.82. The Morgan fingerprint density at radius 3 is 2.42 bits per heavy atom. The molecule has 110 valence electrons. The summed E-state index contributed by atoms with van der Waals surface area (Å²) >= 11 is 0. The number of alkyl carbamates (subject to hydrolysis) is 1. The molecule has 0 bridgehead atoms. The molecule has 1 amide bonds. The zero-order valence-electron chi connectivity index (χ0n) is 12.2. The van der Waals surface area contributed by atoms with Gasteiger partial charge in [0.15, 0.2) is 0 Å². The monoisotopic (exact) mass is 273 g/mol. The van der Waals surface area contributed by atoms with E-state index in [-0.39, 0.29) is 11.8 Å². The summed E-state index contributed by atoms with van der Waals surface area (Å²) in [6, 6.07) is -0.667. The van der Waals surface area contributed by atoms with E-state index in [2.05, 4.69) is 5.32 Å². The summed E-state index contributed by atoms with van der Waals surface area (Å²) in [5, 5.41) is 2.58. The zero-order chi connectivity index (χ0) is 14.6. The molecule has 0 aliphatic heterocycles. The molecular formula is C13H23NO5. The van der Waals surface area contributed by atoms with E-state index in [9.17, 15) is 9.59 Å². The predicted molar refractivity (Wildman–Crippen MR) is 68.6 cm³/mol. The van der Waals surface area contributed by atoms with Crippen molar-refractivity contribution in [2.75, 3.05) is 20.8 Å². The van der Waals surface area contributed by atoms with Crippen molar-refractivity contribution in [3.8, 4) is 0 Å². The molecule has 0 aromatic carbocycles. The number of hydrogen-bond donors (Lipinski definition) is 1. The van der Waals surface area contributed by atoms with Crippen LogP contribution in [0.5, 0.6) is 0 Å². The first-order valence-electron chi connectivity index (χ1n) is 6.34. The fourth-order valence-electron chi connectivity index (χ4n) is 1.99. The standard InChI is InChI=1S/C13H23NO5/c1-13(2,3)19-12(16)14-10(11(15)18-5)9-6-8(9)7-17-4/h8-10H,6-7H2,1-5H3,(H,14,16)/t8-,9?,10?/m0/s1. The van der Waals surface area contributed by atoms with Gasteiger partial charge in [-0.1, -0.05) is 0 Å². The van der Waals surface area contributed by atoms with Gasteiger partial charge in [-0.05, 0) is 39.0 Å². The van der Waals surface area contributed by atoms with Gasteiger partial charge in [0.2, 0.25) is 0 Å². The van der Waals surface area contributed by atoms with Gasteiger partial charge in [-0.15, -0.1) is 0 Å². The molecule has 0 radical (unpaired) electrons. The summed E-state index contributed by atoms with van der Waals surface area (Å²) in [6.07, 6.45) is 0.231. The number of carbonyl (C=O) groups is 2. The molecule has 1 aliphatic rings. The smallest absolute Gasteiger partial charge is 0.408 e. The van der Waals surface area contributed by atoms with Crippen molar-refractivity contribution >= 4 is 12.1 Å². The maximum Gasteiger partial charge on any atom is 0.408 e. The molecule has 6 nitrogen and oxygen atoms in total. The van der Waals surface area contributed by atoms with Crippen molar-refractivity contribution < 1.29 is 23.8 Å². The lowest BCUT2D eigenvalue weighted by Crippen LogP contribution is -2.45. The minimum absolute atomic E-state index is 0.0555. The molecule has 1 saturated carbocycles. The lowest BCUT2D eigenvalue weighted by molar-refractivity contribution is -0.143. The Balaban J connectivity index is 2.57. The Morgan fingerprint density at radius 2 is 1.95 bits per heavy atom. The molecule has 0 heterocycles. The molecule has 1 rings (SSSR count). The quantitative estimate of drug-likeness (QED) is 0.765. The summed E-state index contributed by atoms with van der Waals surface area (Å²) in [4.78, 5) is 23.4. The number of esters is 1. The van der Waals surface area contributed by atoms with Crippen LogP contribution in [0, 0.1) is 11.8 Å². The molecule has 3 atom stereocenters. The molecule has 0 spiro atoms. The SMILES string of the molecule is COC[C@@H]1CC1C(NC(=O)OC(C)(C)C)C(=O)OC. The fraction of sp³-hybridized carbons (Fsp3) is 0.846. The molecule has 0 aromatic rings. The van der Waals surface area contributed by atoms with Crippen molar-refractivity contribution in [1.29, 1.82) is 0 Å². The van der Waals surface area contributed by atoms with Gasteiger partial charge in [-0.2, -0.15) is 0 Å². The number of hydrogen-bond acceptors (Lipinski definition) is 5. The third-order valence-electron chi connectivity index (χ3n) is 2.91. The molecule has 0 aromatic heterocycles. The molecule has 6 heteroatoms. The summed E-state index contributed by atoms with van der Waals surface area (Å²) in [6.45, 7) is 5.88. The first-order chi connectivity index (χ1) is 8.78. The van der Waals surface area contributed by atoms with Crippen LogP contribution in [0.1, 0.15) is 27.2 Å². The Morgan fingerprint density at radius 1 is 1.32 bits per heavy atom.